The van der Waals surface area contributed by atoms with Crippen molar-refractivity contribution in [2.75, 3.05) is 11.9 Å². The Kier molecular flexibility index (Phi) is 2.12. The molecule has 1 N–H and O–H groups in total. The summed E-state index contributed by atoms with van der Waals surface area (Å²) in [5.74, 6) is 0. The maximum Gasteiger partial charge on any atom is 0.0685 e. The topological polar surface area (TPSA) is 23.5 Å². The predicted molar refractivity (Wildman–Crippen MR) is 62.9 cm³/mol. The number of aliphatic hydroxyl groups is 1. The molecule has 1 aromatic carbocycles. The van der Waals surface area contributed by atoms with Crippen LogP contribution in [0, 0.1) is 0 Å². The molecule has 15 heavy (non-hydrogen) atoms. The fraction of sp³-hybridized carbons (Fsp3) is 0.385. The minimum absolute atomic E-state index is 0.0800. The van der Waals surface area contributed by atoms with Crippen LogP contribution in [0.4, 0.5) is 5.69 Å². The quantitative estimate of drug-likeness (QED) is 0.757. The average Bonchev–Trinajstić information content (AvgIpc) is 2.41. The lowest BCUT2D eigenvalue weighted by molar-refractivity contribution is 0.279. The lowest BCUT2D eigenvalue weighted by Gasteiger charge is -2.23. The first kappa shape index (κ1) is 10.2. The van der Waals surface area contributed by atoms with Crippen molar-refractivity contribution in [3.8, 4) is 0 Å². The van der Waals surface area contributed by atoms with Crippen molar-refractivity contribution >= 4 is 5.69 Å². The van der Waals surface area contributed by atoms with Crippen molar-refractivity contribution in [2.45, 2.75) is 25.9 Å². The summed E-state index contributed by atoms with van der Waals surface area (Å²) in [6.07, 6.45) is 0. The Balaban J connectivity index is 2.72. The van der Waals surface area contributed by atoms with E-state index < -0.39 is 0 Å². The number of rotatable bonds is 1. The van der Waals surface area contributed by atoms with Gasteiger partial charge in [-0.3, -0.25) is 0 Å². The van der Waals surface area contributed by atoms with Gasteiger partial charge < -0.3 is 10.0 Å². The number of aliphatic hydroxyl groups excluding tert-OH is 1. The average molecular weight is 203 g/mol. The minimum Gasteiger partial charge on any atom is -0.392 e. The summed E-state index contributed by atoms with van der Waals surface area (Å²) >= 11 is 0. The molecule has 1 aromatic rings. The lowest BCUT2D eigenvalue weighted by Crippen LogP contribution is -2.22. The largest absolute Gasteiger partial charge is 0.392 e. The van der Waals surface area contributed by atoms with Gasteiger partial charge in [0.15, 0.2) is 0 Å². The van der Waals surface area contributed by atoms with Gasteiger partial charge in [0.2, 0.25) is 0 Å². The number of anilines is 1. The standard InChI is InChI=1S/C13H17NO/c1-9-13(2,3)12-10(8-15)6-5-7-11(12)14(9)4/h5-7,15H,1,8H2,2-4H3. The first-order valence-corrected chi connectivity index (χ1v) is 5.16. The van der Waals surface area contributed by atoms with Crippen molar-refractivity contribution in [1.29, 1.82) is 0 Å². The highest BCUT2D eigenvalue weighted by atomic mass is 16.3. The minimum atomic E-state index is -0.0800. The van der Waals surface area contributed by atoms with Crippen LogP contribution in [0.1, 0.15) is 25.0 Å². The Morgan fingerprint density at radius 3 is 2.67 bits per heavy atom. The van der Waals surface area contributed by atoms with Gasteiger partial charge in [-0.15, -0.1) is 0 Å². The second-order valence-corrected chi connectivity index (χ2v) is 4.60. The highest BCUT2D eigenvalue weighted by Crippen LogP contribution is 2.47. The second-order valence-electron chi connectivity index (χ2n) is 4.60. The van der Waals surface area contributed by atoms with E-state index in [1.165, 1.54) is 5.56 Å². The fourth-order valence-corrected chi connectivity index (χ4v) is 2.43. The summed E-state index contributed by atoms with van der Waals surface area (Å²) in [6, 6.07) is 6.04. The SMILES string of the molecule is C=C1N(C)c2cccc(CO)c2C1(C)C. The van der Waals surface area contributed by atoms with E-state index in [9.17, 15) is 5.11 Å². The van der Waals surface area contributed by atoms with Crippen molar-refractivity contribution in [2.24, 2.45) is 0 Å². The molecule has 80 valence electrons. The van der Waals surface area contributed by atoms with Crippen molar-refractivity contribution < 1.29 is 5.11 Å². The van der Waals surface area contributed by atoms with Gasteiger partial charge in [-0.25, -0.2) is 0 Å². The van der Waals surface area contributed by atoms with Gasteiger partial charge in [0.1, 0.15) is 0 Å². The van der Waals surface area contributed by atoms with Crippen LogP contribution in [0.3, 0.4) is 0 Å². The van der Waals surface area contributed by atoms with E-state index in [4.69, 9.17) is 0 Å². The molecule has 2 rings (SSSR count). The van der Waals surface area contributed by atoms with E-state index >= 15 is 0 Å². The zero-order valence-corrected chi connectivity index (χ0v) is 9.54. The van der Waals surface area contributed by atoms with Crippen LogP contribution in [-0.2, 0) is 12.0 Å². The van der Waals surface area contributed by atoms with Crippen LogP contribution in [0.25, 0.3) is 0 Å². The Hall–Kier alpha value is -1.28. The second kappa shape index (κ2) is 3.11. The Morgan fingerprint density at radius 2 is 2.07 bits per heavy atom. The van der Waals surface area contributed by atoms with E-state index in [-0.39, 0.29) is 12.0 Å². The van der Waals surface area contributed by atoms with Crippen LogP contribution in [-0.4, -0.2) is 12.2 Å². The zero-order valence-electron chi connectivity index (χ0n) is 9.54. The molecule has 0 fully saturated rings. The first-order chi connectivity index (χ1) is 7.00. The molecule has 1 heterocycles. The predicted octanol–water partition coefficient (Wildman–Crippen LogP) is 2.42. The smallest absolute Gasteiger partial charge is 0.0685 e. The summed E-state index contributed by atoms with van der Waals surface area (Å²) in [5.41, 5.74) is 4.38. The zero-order chi connectivity index (χ0) is 11.2. The molecule has 0 aliphatic carbocycles. The number of hydrogen-bond donors (Lipinski definition) is 1. The summed E-state index contributed by atoms with van der Waals surface area (Å²) in [7, 11) is 2.02. The molecule has 0 saturated carbocycles. The number of fused-ring (bicyclic) bond motifs is 1. The van der Waals surface area contributed by atoms with E-state index in [0.717, 1.165) is 16.9 Å². The molecule has 2 nitrogen and oxygen atoms in total. The molecular formula is C13H17NO. The van der Waals surface area contributed by atoms with Gasteiger partial charge >= 0.3 is 0 Å². The van der Waals surface area contributed by atoms with E-state index in [2.05, 4.69) is 31.4 Å². The third-order valence-electron chi connectivity index (χ3n) is 3.41. The van der Waals surface area contributed by atoms with E-state index in [0.29, 0.717) is 0 Å². The molecule has 0 bridgehead atoms. The number of likely N-dealkylation sites (N-methyl/N-ethyl adjacent to an activating group) is 1. The van der Waals surface area contributed by atoms with Gasteiger partial charge in [-0.1, -0.05) is 32.6 Å². The monoisotopic (exact) mass is 203 g/mol. The van der Waals surface area contributed by atoms with Crippen LogP contribution in [0.2, 0.25) is 0 Å². The van der Waals surface area contributed by atoms with Gasteiger partial charge in [0.05, 0.1) is 6.61 Å². The number of benzene rings is 1. The molecule has 2 heteroatoms. The summed E-state index contributed by atoms with van der Waals surface area (Å²) in [6.45, 7) is 8.51. The van der Waals surface area contributed by atoms with Gasteiger partial charge in [-0.2, -0.15) is 0 Å². The Bertz CT molecular complexity index is 421. The van der Waals surface area contributed by atoms with E-state index in [1.54, 1.807) is 0 Å². The highest BCUT2D eigenvalue weighted by Gasteiger charge is 2.38. The van der Waals surface area contributed by atoms with Gasteiger partial charge in [0, 0.05) is 23.8 Å². The number of allylic oxidation sites excluding steroid dienone is 1. The van der Waals surface area contributed by atoms with Crippen molar-refractivity contribution in [3.05, 3.63) is 41.6 Å². The molecule has 0 aromatic heterocycles. The lowest BCUT2D eigenvalue weighted by atomic mass is 9.82. The molecule has 0 spiro atoms. The highest BCUT2D eigenvalue weighted by molar-refractivity contribution is 5.71. The van der Waals surface area contributed by atoms with Crippen molar-refractivity contribution in [1.82, 2.24) is 0 Å². The van der Waals surface area contributed by atoms with Crippen LogP contribution in [0.15, 0.2) is 30.5 Å². The molecule has 0 radical (unpaired) electrons. The van der Waals surface area contributed by atoms with Crippen LogP contribution >= 0.6 is 0 Å². The molecule has 0 saturated heterocycles. The third kappa shape index (κ3) is 1.21. The summed E-state index contributed by atoms with van der Waals surface area (Å²) < 4.78 is 0. The first-order valence-electron chi connectivity index (χ1n) is 5.16. The summed E-state index contributed by atoms with van der Waals surface area (Å²) in [4.78, 5) is 2.11. The summed E-state index contributed by atoms with van der Waals surface area (Å²) in [5, 5.41) is 9.36. The fourth-order valence-electron chi connectivity index (χ4n) is 2.43. The van der Waals surface area contributed by atoms with Gasteiger partial charge in [-0.05, 0) is 17.2 Å². The maximum atomic E-state index is 9.36. The molecule has 0 amide bonds. The molecular weight excluding hydrogens is 186 g/mol. The third-order valence-corrected chi connectivity index (χ3v) is 3.41. The van der Waals surface area contributed by atoms with Crippen LogP contribution in [0.5, 0.6) is 0 Å². The Labute approximate surface area is 90.8 Å². The van der Waals surface area contributed by atoms with E-state index in [1.807, 2.05) is 19.2 Å². The van der Waals surface area contributed by atoms with Crippen molar-refractivity contribution in [3.63, 3.8) is 0 Å². The maximum absolute atomic E-state index is 9.36. The number of nitrogens with zero attached hydrogens (tertiary/aromatic N) is 1. The molecule has 1 aliphatic rings. The molecule has 0 atom stereocenters. The van der Waals surface area contributed by atoms with Crippen LogP contribution < -0.4 is 4.90 Å². The van der Waals surface area contributed by atoms with Gasteiger partial charge in [0.25, 0.3) is 0 Å². The molecule has 0 unspecified atom stereocenters. The normalized spacial score (nSPS) is 18.1. The number of hydrogen-bond acceptors (Lipinski definition) is 2. The Morgan fingerprint density at radius 1 is 1.40 bits per heavy atom. The molecule has 1 aliphatic heterocycles.